The number of carbonyl (C=O) groups excluding carboxylic acids is 1. The van der Waals surface area contributed by atoms with Crippen molar-refractivity contribution in [3.8, 4) is 11.5 Å². The number of halogens is 2. The molecule has 0 aromatic heterocycles. The highest BCUT2D eigenvalue weighted by atomic mass is 35.5. The Kier molecular flexibility index (Phi) is 2.72. The van der Waals surface area contributed by atoms with Gasteiger partial charge in [-0.15, -0.1) is 0 Å². The van der Waals surface area contributed by atoms with Crippen LogP contribution >= 0.6 is 11.6 Å². The van der Waals surface area contributed by atoms with Crippen molar-refractivity contribution in [2.45, 2.75) is 0 Å². The van der Waals surface area contributed by atoms with Crippen LogP contribution in [-0.2, 0) is 0 Å². The molecule has 0 aliphatic heterocycles. The van der Waals surface area contributed by atoms with Crippen molar-refractivity contribution < 1.29 is 19.0 Å². The van der Waals surface area contributed by atoms with Crippen molar-refractivity contribution in [3.63, 3.8) is 0 Å². The molecule has 0 saturated heterocycles. The largest absolute Gasteiger partial charge is 0.504 e. The van der Waals surface area contributed by atoms with Gasteiger partial charge in [-0.05, 0) is 0 Å². The molecule has 0 atom stereocenters. The minimum Gasteiger partial charge on any atom is -0.504 e. The van der Waals surface area contributed by atoms with Crippen LogP contribution in [0.1, 0.15) is 10.4 Å². The zero-order chi connectivity index (χ0) is 10.0. The minimum absolute atomic E-state index is 0.124. The summed E-state index contributed by atoms with van der Waals surface area (Å²) >= 11 is 5.45. The lowest BCUT2D eigenvalue weighted by Crippen LogP contribution is -1.94. The molecule has 70 valence electrons. The number of aromatic hydroxyl groups is 1. The molecule has 1 N–H and O–H groups in total. The van der Waals surface area contributed by atoms with Crippen molar-refractivity contribution in [2.24, 2.45) is 0 Å². The van der Waals surface area contributed by atoms with Crippen molar-refractivity contribution in [1.82, 2.24) is 0 Å². The fraction of sp³-hybridized carbons (Fsp3) is 0.125. The van der Waals surface area contributed by atoms with Crippen LogP contribution in [0.4, 0.5) is 4.39 Å². The number of aldehydes is 1. The van der Waals surface area contributed by atoms with Crippen LogP contribution in [0.2, 0.25) is 5.02 Å². The van der Waals surface area contributed by atoms with E-state index in [2.05, 4.69) is 4.74 Å². The first kappa shape index (κ1) is 9.80. The van der Waals surface area contributed by atoms with Crippen LogP contribution in [0, 0.1) is 5.82 Å². The molecule has 1 rings (SSSR count). The fourth-order valence-corrected chi connectivity index (χ4v) is 1.12. The lowest BCUT2D eigenvalue weighted by atomic mass is 10.2. The summed E-state index contributed by atoms with van der Waals surface area (Å²) in [7, 11) is 1.25. The molecular formula is C8H6ClFO3. The molecule has 0 saturated carbocycles. The average molecular weight is 205 g/mol. The van der Waals surface area contributed by atoms with E-state index < -0.39 is 11.6 Å². The van der Waals surface area contributed by atoms with Gasteiger partial charge in [0.1, 0.15) is 5.82 Å². The Hall–Kier alpha value is -1.29. The summed E-state index contributed by atoms with van der Waals surface area (Å²) in [6.45, 7) is 0. The third-order valence-corrected chi connectivity index (χ3v) is 1.89. The van der Waals surface area contributed by atoms with Gasteiger partial charge in [-0.1, -0.05) is 11.6 Å². The molecular weight excluding hydrogens is 199 g/mol. The standard InChI is InChI=1S/C8H6ClFO3/c1-13-8-4(3-11)7(9)5(10)2-6(8)12/h2-3,12H,1H3. The van der Waals surface area contributed by atoms with E-state index in [1.165, 1.54) is 7.11 Å². The Morgan fingerprint density at radius 3 is 2.77 bits per heavy atom. The molecule has 0 spiro atoms. The summed E-state index contributed by atoms with van der Waals surface area (Å²) in [5.41, 5.74) is -0.193. The van der Waals surface area contributed by atoms with Gasteiger partial charge in [-0.25, -0.2) is 4.39 Å². The Balaban J connectivity index is 3.50. The Bertz CT molecular complexity index is 352. The van der Waals surface area contributed by atoms with E-state index in [0.29, 0.717) is 6.29 Å². The third-order valence-electron chi connectivity index (χ3n) is 1.51. The first-order chi connectivity index (χ1) is 6.11. The molecule has 0 bridgehead atoms. The highest BCUT2D eigenvalue weighted by Gasteiger charge is 2.16. The molecule has 0 unspecified atom stereocenters. The summed E-state index contributed by atoms with van der Waals surface area (Å²) in [5.74, 6) is -1.44. The zero-order valence-electron chi connectivity index (χ0n) is 6.67. The summed E-state index contributed by atoms with van der Waals surface area (Å²) in [4.78, 5) is 10.5. The normalized spacial score (nSPS) is 9.77. The maximum absolute atomic E-state index is 12.8. The second-order valence-corrected chi connectivity index (χ2v) is 2.63. The van der Waals surface area contributed by atoms with E-state index >= 15 is 0 Å². The number of ether oxygens (including phenoxy) is 1. The number of hydrogen-bond donors (Lipinski definition) is 1. The fourth-order valence-electron chi connectivity index (χ4n) is 0.935. The third kappa shape index (κ3) is 1.58. The van der Waals surface area contributed by atoms with E-state index in [1.807, 2.05) is 0 Å². The molecule has 0 aliphatic rings. The van der Waals surface area contributed by atoms with Gasteiger partial charge < -0.3 is 9.84 Å². The summed E-state index contributed by atoms with van der Waals surface area (Å²) in [5, 5.41) is 8.79. The van der Waals surface area contributed by atoms with Crippen LogP contribution in [0.25, 0.3) is 0 Å². The van der Waals surface area contributed by atoms with Gasteiger partial charge in [0, 0.05) is 6.07 Å². The molecule has 13 heavy (non-hydrogen) atoms. The van der Waals surface area contributed by atoms with E-state index in [1.54, 1.807) is 0 Å². The lowest BCUT2D eigenvalue weighted by molar-refractivity contribution is 0.111. The maximum Gasteiger partial charge on any atom is 0.172 e. The van der Waals surface area contributed by atoms with E-state index in [4.69, 9.17) is 16.7 Å². The summed E-state index contributed by atoms with van der Waals surface area (Å²) in [6, 6.07) is 0.786. The molecule has 5 heteroatoms. The smallest absolute Gasteiger partial charge is 0.172 e. The van der Waals surface area contributed by atoms with Gasteiger partial charge in [0.05, 0.1) is 17.7 Å². The number of rotatable bonds is 2. The van der Waals surface area contributed by atoms with Gasteiger partial charge in [-0.3, -0.25) is 4.79 Å². The predicted octanol–water partition coefficient (Wildman–Crippen LogP) is 2.01. The average Bonchev–Trinajstić information content (AvgIpc) is 2.10. The number of benzene rings is 1. The maximum atomic E-state index is 12.8. The second kappa shape index (κ2) is 3.62. The first-order valence-electron chi connectivity index (χ1n) is 3.32. The van der Waals surface area contributed by atoms with E-state index in [0.717, 1.165) is 6.07 Å². The second-order valence-electron chi connectivity index (χ2n) is 2.26. The zero-order valence-corrected chi connectivity index (χ0v) is 7.43. The van der Waals surface area contributed by atoms with Crippen LogP contribution in [0.15, 0.2) is 6.07 Å². The number of phenolic OH excluding ortho intramolecular Hbond substituents is 1. The topological polar surface area (TPSA) is 46.5 Å². The van der Waals surface area contributed by atoms with E-state index in [9.17, 15) is 9.18 Å². The Morgan fingerprint density at radius 1 is 1.69 bits per heavy atom. The van der Waals surface area contributed by atoms with Gasteiger partial charge in [0.2, 0.25) is 0 Å². The van der Waals surface area contributed by atoms with Gasteiger partial charge in [0.25, 0.3) is 0 Å². The number of phenols is 1. The molecule has 0 aliphatic carbocycles. The van der Waals surface area contributed by atoms with Crippen molar-refractivity contribution in [3.05, 3.63) is 22.5 Å². The van der Waals surface area contributed by atoms with Crippen LogP contribution < -0.4 is 4.74 Å². The molecule has 3 nitrogen and oxygen atoms in total. The molecule has 1 aromatic carbocycles. The lowest BCUT2D eigenvalue weighted by Gasteiger charge is -2.07. The summed E-state index contributed by atoms with van der Waals surface area (Å²) < 4.78 is 17.5. The highest BCUT2D eigenvalue weighted by Crippen LogP contribution is 2.35. The molecule has 0 amide bonds. The number of hydrogen-bond acceptors (Lipinski definition) is 3. The Morgan fingerprint density at radius 2 is 2.31 bits per heavy atom. The molecule has 0 heterocycles. The van der Waals surface area contributed by atoms with Gasteiger partial charge in [0.15, 0.2) is 17.8 Å². The van der Waals surface area contributed by atoms with Crippen molar-refractivity contribution in [2.75, 3.05) is 7.11 Å². The number of methoxy groups -OCH3 is 1. The highest BCUT2D eigenvalue weighted by molar-refractivity contribution is 6.33. The number of carbonyl (C=O) groups is 1. The van der Waals surface area contributed by atoms with Gasteiger partial charge in [-0.2, -0.15) is 0 Å². The molecule has 0 fully saturated rings. The van der Waals surface area contributed by atoms with Gasteiger partial charge >= 0.3 is 0 Å². The van der Waals surface area contributed by atoms with Crippen LogP contribution in [0.5, 0.6) is 11.5 Å². The van der Waals surface area contributed by atoms with Crippen molar-refractivity contribution >= 4 is 17.9 Å². The van der Waals surface area contributed by atoms with Crippen molar-refractivity contribution in [1.29, 1.82) is 0 Å². The Labute approximate surface area is 78.7 Å². The summed E-state index contributed by atoms with van der Waals surface area (Å²) in [6.07, 6.45) is 0.323. The minimum atomic E-state index is -0.859. The molecule has 1 aromatic rings. The van der Waals surface area contributed by atoms with E-state index in [-0.39, 0.29) is 16.3 Å². The predicted molar refractivity (Wildman–Crippen MR) is 45.0 cm³/mol. The first-order valence-corrected chi connectivity index (χ1v) is 3.69. The van der Waals surface area contributed by atoms with Crippen LogP contribution in [0.3, 0.4) is 0 Å². The monoisotopic (exact) mass is 204 g/mol. The molecule has 0 radical (unpaired) electrons. The quantitative estimate of drug-likeness (QED) is 0.750. The SMILES string of the molecule is COc1c(O)cc(F)c(Cl)c1C=O. The van der Waals surface area contributed by atoms with Crippen LogP contribution in [-0.4, -0.2) is 18.5 Å².